The average Bonchev–Trinajstić information content (AvgIpc) is 2.23. The standard InChI is InChI=1S/C13H16O/c1-10-12(8-5-9-13(10)14)11-6-3-2-4-7-11/h2-4,6-7,13-14H,5,8-9H2,1H3/t13-/m1/s1. The molecule has 0 saturated carbocycles. The minimum Gasteiger partial charge on any atom is -0.389 e. The largest absolute Gasteiger partial charge is 0.389 e. The first kappa shape index (κ1) is 9.47. The van der Waals surface area contributed by atoms with Crippen molar-refractivity contribution in [2.75, 3.05) is 0 Å². The van der Waals surface area contributed by atoms with Crippen LogP contribution in [0.25, 0.3) is 5.57 Å². The number of benzene rings is 1. The number of aliphatic hydroxyl groups is 1. The Morgan fingerprint density at radius 1 is 1.21 bits per heavy atom. The number of allylic oxidation sites excluding steroid dienone is 1. The van der Waals surface area contributed by atoms with Gasteiger partial charge in [0, 0.05) is 0 Å². The summed E-state index contributed by atoms with van der Waals surface area (Å²) in [5.74, 6) is 0. The van der Waals surface area contributed by atoms with Gasteiger partial charge in [-0.25, -0.2) is 0 Å². The van der Waals surface area contributed by atoms with Gasteiger partial charge in [-0.3, -0.25) is 0 Å². The minimum absolute atomic E-state index is 0.223. The highest BCUT2D eigenvalue weighted by molar-refractivity contribution is 5.69. The van der Waals surface area contributed by atoms with Crippen molar-refractivity contribution in [3.05, 3.63) is 41.5 Å². The predicted octanol–water partition coefficient (Wildman–Crippen LogP) is 3.00. The van der Waals surface area contributed by atoms with Crippen molar-refractivity contribution in [1.29, 1.82) is 0 Å². The number of hydrogen-bond acceptors (Lipinski definition) is 1. The SMILES string of the molecule is CC1=C(c2ccccc2)CCC[C@H]1O. The Morgan fingerprint density at radius 2 is 1.93 bits per heavy atom. The summed E-state index contributed by atoms with van der Waals surface area (Å²) in [6.45, 7) is 2.05. The Hall–Kier alpha value is -1.08. The van der Waals surface area contributed by atoms with Crippen molar-refractivity contribution < 1.29 is 5.11 Å². The van der Waals surface area contributed by atoms with E-state index in [9.17, 15) is 5.11 Å². The lowest BCUT2D eigenvalue weighted by atomic mass is 9.86. The molecule has 0 spiro atoms. The molecule has 14 heavy (non-hydrogen) atoms. The van der Waals surface area contributed by atoms with E-state index in [2.05, 4.69) is 24.3 Å². The molecule has 0 aliphatic heterocycles. The van der Waals surface area contributed by atoms with Crippen LogP contribution < -0.4 is 0 Å². The molecule has 1 aromatic rings. The fourth-order valence-electron chi connectivity index (χ4n) is 2.10. The van der Waals surface area contributed by atoms with Crippen LogP contribution in [0.1, 0.15) is 31.7 Å². The number of rotatable bonds is 1. The molecule has 1 nitrogen and oxygen atoms in total. The summed E-state index contributed by atoms with van der Waals surface area (Å²) in [5, 5.41) is 9.75. The summed E-state index contributed by atoms with van der Waals surface area (Å²) < 4.78 is 0. The van der Waals surface area contributed by atoms with Crippen molar-refractivity contribution >= 4 is 5.57 Å². The highest BCUT2D eigenvalue weighted by Crippen LogP contribution is 2.31. The first-order chi connectivity index (χ1) is 6.79. The van der Waals surface area contributed by atoms with Crippen LogP contribution in [0.3, 0.4) is 0 Å². The van der Waals surface area contributed by atoms with E-state index < -0.39 is 0 Å². The summed E-state index contributed by atoms with van der Waals surface area (Å²) in [6.07, 6.45) is 2.90. The Kier molecular flexibility index (Phi) is 2.69. The monoisotopic (exact) mass is 188 g/mol. The van der Waals surface area contributed by atoms with E-state index in [0.29, 0.717) is 0 Å². The van der Waals surface area contributed by atoms with Crippen LogP contribution in [0.15, 0.2) is 35.9 Å². The third-order valence-corrected chi connectivity index (χ3v) is 3.00. The zero-order valence-corrected chi connectivity index (χ0v) is 8.53. The van der Waals surface area contributed by atoms with Gasteiger partial charge in [-0.05, 0) is 42.9 Å². The number of aliphatic hydroxyl groups excluding tert-OH is 1. The van der Waals surface area contributed by atoms with Crippen LogP contribution in [0, 0.1) is 0 Å². The van der Waals surface area contributed by atoms with E-state index in [4.69, 9.17) is 0 Å². The molecule has 1 N–H and O–H groups in total. The molecule has 2 rings (SSSR count). The summed E-state index contributed by atoms with van der Waals surface area (Å²) in [5.41, 5.74) is 3.76. The minimum atomic E-state index is -0.223. The second-order valence-corrected chi connectivity index (χ2v) is 3.94. The molecule has 1 aliphatic carbocycles. The first-order valence-electron chi connectivity index (χ1n) is 5.22. The van der Waals surface area contributed by atoms with Gasteiger partial charge in [-0.15, -0.1) is 0 Å². The lowest BCUT2D eigenvalue weighted by Gasteiger charge is -2.22. The van der Waals surface area contributed by atoms with Crippen LogP contribution in [0.5, 0.6) is 0 Å². The molecule has 1 aromatic carbocycles. The van der Waals surface area contributed by atoms with E-state index in [1.165, 1.54) is 11.1 Å². The van der Waals surface area contributed by atoms with E-state index in [1.54, 1.807) is 0 Å². The summed E-state index contributed by atoms with van der Waals surface area (Å²) in [4.78, 5) is 0. The van der Waals surface area contributed by atoms with Gasteiger partial charge in [-0.1, -0.05) is 30.3 Å². The molecule has 0 fully saturated rings. The van der Waals surface area contributed by atoms with E-state index in [-0.39, 0.29) is 6.10 Å². The van der Waals surface area contributed by atoms with Crippen molar-refractivity contribution in [1.82, 2.24) is 0 Å². The fourth-order valence-corrected chi connectivity index (χ4v) is 2.10. The van der Waals surface area contributed by atoms with Crippen molar-refractivity contribution in [2.45, 2.75) is 32.3 Å². The maximum absolute atomic E-state index is 9.75. The van der Waals surface area contributed by atoms with Crippen molar-refractivity contribution in [3.63, 3.8) is 0 Å². The van der Waals surface area contributed by atoms with Crippen LogP contribution in [0.2, 0.25) is 0 Å². The molecule has 0 amide bonds. The predicted molar refractivity (Wildman–Crippen MR) is 58.9 cm³/mol. The smallest absolute Gasteiger partial charge is 0.0753 e. The van der Waals surface area contributed by atoms with Gasteiger partial charge >= 0.3 is 0 Å². The van der Waals surface area contributed by atoms with Crippen LogP contribution in [-0.2, 0) is 0 Å². The number of hydrogen-bond donors (Lipinski definition) is 1. The Bertz CT molecular complexity index is 338. The molecule has 1 atom stereocenters. The van der Waals surface area contributed by atoms with Crippen molar-refractivity contribution in [2.24, 2.45) is 0 Å². The van der Waals surface area contributed by atoms with Crippen LogP contribution in [-0.4, -0.2) is 11.2 Å². The van der Waals surface area contributed by atoms with E-state index in [0.717, 1.165) is 24.8 Å². The van der Waals surface area contributed by atoms with Crippen molar-refractivity contribution in [3.8, 4) is 0 Å². The molecule has 0 saturated heterocycles. The van der Waals surface area contributed by atoms with Gasteiger partial charge in [-0.2, -0.15) is 0 Å². The van der Waals surface area contributed by atoms with Gasteiger partial charge in [0.15, 0.2) is 0 Å². The average molecular weight is 188 g/mol. The third-order valence-electron chi connectivity index (χ3n) is 3.00. The van der Waals surface area contributed by atoms with Gasteiger partial charge in [0.1, 0.15) is 0 Å². The van der Waals surface area contributed by atoms with Gasteiger partial charge in [0.2, 0.25) is 0 Å². The van der Waals surface area contributed by atoms with Crippen LogP contribution >= 0.6 is 0 Å². The molecular formula is C13H16O. The second kappa shape index (κ2) is 3.97. The van der Waals surface area contributed by atoms with Gasteiger partial charge in [0.25, 0.3) is 0 Å². The first-order valence-corrected chi connectivity index (χ1v) is 5.22. The molecule has 1 heteroatoms. The zero-order valence-electron chi connectivity index (χ0n) is 8.53. The molecule has 0 unspecified atom stereocenters. The molecule has 0 aromatic heterocycles. The molecule has 74 valence electrons. The van der Waals surface area contributed by atoms with Crippen LogP contribution in [0.4, 0.5) is 0 Å². The van der Waals surface area contributed by atoms with Gasteiger partial charge in [0.05, 0.1) is 6.10 Å². The zero-order chi connectivity index (χ0) is 9.97. The maximum atomic E-state index is 9.75. The Balaban J connectivity index is 2.38. The highest BCUT2D eigenvalue weighted by atomic mass is 16.3. The quantitative estimate of drug-likeness (QED) is 0.718. The molecule has 0 bridgehead atoms. The molecular weight excluding hydrogens is 172 g/mol. The maximum Gasteiger partial charge on any atom is 0.0753 e. The molecule has 1 aliphatic rings. The summed E-state index contributed by atoms with van der Waals surface area (Å²) >= 11 is 0. The van der Waals surface area contributed by atoms with E-state index >= 15 is 0 Å². The van der Waals surface area contributed by atoms with Gasteiger partial charge < -0.3 is 5.11 Å². The lowest BCUT2D eigenvalue weighted by Crippen LogP contribution is -2.14. The normalized spacial score (nSPS) is 22.6. The molecule has 0 radical (unpaired) electrons. The highest BCUT2D eigenvalue weighted by Gasteiger charge is 2.17. The third kappa shape index (κ3) is 1.73. The summed E-state index contributed by atoms with van der Waals surface area (Å²) in [7, 11) is 0. The topological polar surface area (TPSA) is 20.2 Å². The summed E-state index contributed by atoms with van der Waals surface area (Å²) in [6, 6.07) is 10.4. The Labute approximate surface area is 85.1 Å². The Morgan fingerprint density at radius 3 is 2.64 bits per heavy atom. The fraction of sp³-hybridized carbons (Fsp3) is 0.385. The second-order valence-electron chi connectivity index (χ2n) is 3.94. The lowest BCUT2D eigenvalue weighted by molar-refractivity contribution is 0.193. The molecule has 0 heterocycles. The van der Waals surface area contributed by atoms with E-state index in [1.807, 2.05) is 13.0 Å².